The molecule has 2 aromatic rings. The standard InChI is InChI=1S/C18H20ClNO2S/c1-22-17(14-7-3-2-4-8-14)18(21)20-11-12-23-13-15-9-5-6-10-16(15)19/h2-10,17H,11-13H2,1H3,(H,20,21)/t17-/m1/s1. The fourth-order valence-electron chi connectivity index (χ4n) is 2.16. The van der Waals surface area contributed by atoms with E-state index in [9.17, 15) is 4.79 Å². The van der Waals surface area contributed by atoms with Crippen LogP contribution in [0.2, 0.25) is 5.02 Å². The minimum atomic E-state index is -0.565. The molecule has 0 radical (unpaired) electrons. The van der Waals surface area contributed by atoms with Crippen LogP contribution in [0.5, 0.6) is 0 Å². The summed E-state index contributed by atoms with van der Waals surface area (Å²) in [5.41, 5.74) is 1.97. The number of halogens is 1. The fourth-order valence-corrected chi connectivity index (χ4v) is 3.30. The van der Waals surface area contributed by atoms with Gasteiger partial charge < -0.3 is 10.1 Å². The monoisotopic (exact) mass is 349 g/mol. The first-order valence-electron chi connectivity index (χ1n) is 7.39. The summed E-state index contributed by atoms with van der Waals surface area (Å²) in [6, 6.07) is 17.3. The molecule has 23 heavy (non-hydrogen) atoms. The topological polar surface area (TPSA) is 38.3 Å². The van der Waals surface area contributed by atoms with Crippen LogP contribution in [0.25, 0.3) is 0 Å². The van der Waals surface area contributed by atoms with E-state index in [1.807, 2.05) is 54.6 Å². The molecule has 0 aliphatic heterocycles. The van der Waals surface area contributed by atoms with Crippen LogP contribution >= 0.6 is 23.4 Å². The lowest BCUT2D eigenvalue weighted by atomic mass is 10.1. The second kappa shape index (κ2) is 9.60. The Morgan fingerprint density at radius 1 is 1.17 bits per heavy atom. The average molecular weight is 350 g/mol. The zero-order chi connectivity index (χ0) is 16.5. The van der Waals surface area contributed by atoms with Gasteiger partial charge >= 0.3 is 0 Å². The molecule has 0 fully saturated rings. The van der Waals surface area contributed by atoms with Gasteiger partial charge in [0.1, 0.15) is 0 Å². The van der Waals surface area contributed by atoms with E-state index in [1.165, 1.54) is 0 Å². The zero-order valence-electron chi connectivity index (χ0n) is 13.0. The molecule has 3 nitrogen and oxygen atoms in total. The maximum absolute atomic E-state index is 12.2. The van der Waals surface area contributed by atoms with E-state index in [0.717, 1.165) is 27.7 Å². The Morgan fingerprint density at radius 3 is 2.57 bits per heavy atom. The van der Waals surface area contributed by atoms with E-state index >= 15 is 0 Å². The average Bonchev–Trinajstić information content (AvgIpc) is 2.58. The maximum Gasteiger partial charge on any atom is 0.253 e. The van der Waals surface area contributed by atoms with E-state index in [1.54, 1.807) is 18.9 Å². The van der Waals surface area contributed by atoms with E-state index < -0.39 is 6.10 Å². The number of carbonyl (C=O) groups is 1. The van der Waals surface area contributed by atoms with Crippen molar-refractivity contribution in [3.05, 3.63) is 70.7 Å². The summed E-state index contributed by atoms with van der Waals surface area (Å²) in [7, 11) is 1.55. The number of hydrogen-bond acceptors (Lipinski definition) is 3. The summed E-state index contributed by atoms with van der Waals surface area (Å²) < 4.78 is 5.30. The van der Waals surface area contributed by atoms with Crippen molar-refractivity contribution in [3.63, 3.8) is 0 Å². The minimum Gasteiger partial charge on any atom is -0.367 e. The zero-order valence-corrected chi connectivity index (χ0v) is 14.6. The van der Waals surface area contributed by atoms with Crippen molar-refractivity contribution in [2.75, 3.05) is 19.4 Å². The third kappa shape index (κ3) is 5.57. The largest absolute Gasteiger partial charge is 0.367 e. The van der Waals surface area contributed by atoms with Crippen molar-refractivity contribution in [3.8, 4) is 0 Å². The number of thioether (sulfide) groups is 1. The Bertz CT molecular complexity index is 621. The molecule has 0 aliphatic rings. The van der Waals surface area contributed by atoms with Gasteiger partial charge in [-0.3, -0.25) is 4.79 Å². The normalized spacial score (nSPS) is 11.9. The summed E-state index contributed by atoms with van der Waals surface area (Å²) in [5, 5.41) is 3.70. The quantitative estimate of drug-likeness (QED) is 0.730. The number of methoxy groups -OCH3 is 1. The van der Waals surface area contributed by atoms with Gasteiger partial charge in [0.25, 0.3) is 5.91 Å². The van der Waals surface area contributed by atoms with Crippen LogP contribution in [-0.4, -0.2) is 25.3 Å². The van der Waals surface area contributed by atoms with Gasteiger partial charge in [-0.2, -0.15) is 11.8 Å². The molecule has 122 valence electrons. The molecule has 0 aromatic heterocycles. The number of benzene rings is 2. The van der Waals surface area contributed by atoms with Crippen LogP contribution in [-0.2, 0) is 15.3 Å². The predicted molar refractivity (Wildman–Crippen MR) is 96.8 cm³/mol. The van der Waals surface area contributed by atoms with Gasteiger partial charge in [-0.15, -0.1) is 0 Å². The Balaban J connectivity index is 1.73. The summed E-state index contributed by atoms with van der Waals surface area (Å²) in [6.45, 7) is 0.598. The highest BCUT2D eigenvalue weighted by atomic mass is 35.5. The van der Waals surface area contributed by atoms with E-state index in [0.29, 0.717) is 6.54 Å². The summed E-state index contributed by atoms with van der Waals surface area (Å²) in [5.74, 6) is 1.54. The summed E-state index contributed by atoms with van der Waals surface area (Å²) >= 11 is 7.85. The molecule has 2 aromatic carbocycles. The lowest BCUT2D eigenvalue weighted by Crippen LogP contribution is -2.32. The third-order valence-corrected chi connectivity index (χ3v) is 4.71. The first kappa shape index (κ1) is 17.9. The SMILES string of the molecule is CO[C@@H](C(=O)NCCSCc1ccccc1Cl)c1ccccc1. The van der Waals surface area contributed by atoms with Gasteiger partial charge in [0.2, 0.25) is 0 Å². The third-order valence-electron chi connectivity index (χ3n) is 3.34. The summed E-state index contributed by atoms with van der Waals surface area (Å²) in [4.78, 5) is 12.2. The molecule has 0 spiro atoms. The van der Waals surface area contributed by atoms with E-state index in [2.05, 4.69) is 5.32 Å². The smallest absolute Gasteiger partial charge is 0.253 e. The highest BCUT2D eigenvalue weighted by Gasteiger charge is 2.18. The van der Waals surface area contributed by atoms with Crippen molar-refractivity contribution in [1.82, 2.24) is 5.32 Å². The number of amides is 1. The Labute approximate surface area is 146 Å². The molecular weight excluding hydrogens is 330 g/mol. The second-order valence-corrected chi connectivity index (χ2v) is 6.47. The Hall–Kier alpha value is -1.49. The maximum atomic E-state index is 12.2. The fraction of sp³-hybridized carbons (Fsp3) is 0.278. The van der Waals surface area contributed by atoms with Gasteiger partial charge in [-0.1, -0.05) is 60.1 Å². The van der Waals surface area contributed by atoms with Crippen LogP contribution in [0.3, 0.4) is 0 Å². The van der Waals surface area contributed by atoms with Crippen molar-refractivity contribution < 1.29 is 9.53 Å². The molecule has 0 saturated heterocycles. The van der Waals surface area contributed by atoms with E-state index in [-0.39, 0.29) is 5.91 Å². The Kier molecular flexibility index (Phi) is 7.46. The van der Waals surface area contributed by atoms with Crippen molar-refractivity contribution in [2.45, 2.75) is 11.9 Å². The van der Waals surface area contributed by atoms with Gasteiger partial charge in [-0.05, 0) is 17.2 Å². The molecule has 0 unspecified atom stereocenters. The lowest BCUT2D eigenvalue weighted by Gasteiger charge is -2.15. The molecule has 0 aliphatic carbocycles. The number of hydrogen-bond donors (Lipinski definition) is 1. The summed E-state index contributed by atoms with van der Waals surface area (Å²) in [6.07, 6.45) is -0.565. The van der Waals surface area contributed by atoms with Crippen molar-refractivity contribution >= 4 is 29.3 Å². The molecule has 1 amide bonds. The Morgan fingerprint density at radius 2 is 1.87 bits per heavy atom. The molecule has 5 heteroatoms. The van der Waals surface area contributed by atoms with Gasteiger partial charge in [0.05, 0.1) is 0 Å². The number of nitrogens with one attached hydrogen (secondary N) is 1. The first-order valence-corrected chi connectivity index (χ1v) is 8.92. The van der Waals surface area contributed by atoms with Gasteiger partial charge in [-0.25, -0.2) is 0 Å². The predicted octanol–water partition coefficient (Wildman–Crippen LogP) is 4.08. The van der Waals surface area contributed by atoms with Crippen LogP contribution < -0.4 is 5.32 Å². The van der Waals surface area contributed by atoms with Gasteiger partial charge in [0.15, 0.2) is 6.10 Å². The number of rotatable bonds is 8. The second-order valence-electron chi connectivity index (χ2n) is 4.96. The van der Waals surface area contributed by atoms with Crippen LogP contribution in [0.4, 0.5) is 0 Å². The highest BCUT2D eigenvalue weighted by Crippen LogP contribution is 2.20. The molecule has 0 saturated carbocycles. The van der Waals surface area contributed by atoms with Crippen molar-refractivity contribution in [1.29, 1.82) is 0 Å². The molecule has 2 rings (SSSR count). The number of carbonyl (C=O) groups excluding carboxylic acids is 1. The molecule has 0 bridgehead atoms. The molecule has 0 heterocycles. The molecular formula is C18H20ClNO2S. The van der Waals surface area contributed by atoms with Crippen molar-refractivity contribution in [2.24, 2.45) is 0 Å². The molecule has 1 atom stereocenters. The van der Waals surface area contributed by atoms with E-state index in [4.69, 9.17) is 16.3 Å². The first-order chi connectivity index (χ1) is 11.2. The number of ether oxygens (including phenoxy) is 1. The highest BCUT2D eigenvalue weighted by molar-refractivity contribution is 7.98. The van der Waals surface area contributed by atoms with Crippen LogP contribution in [0.1, 0.15) is 17.2 Å². The van der Waals surface area contributed by atoms with Crippen LogP contribution in [0.15, 0.2) is 54.6 Å². The van der Waals surface area contributed by atoms with Crippen LogP contribution in [0, 0.1) is 0 Å². The molecule has 1 N–H and O–H groups in total. The lowest BCUT2D eigenvalue weighted by molar-refractivity contribution is -0.131. The van der Waals surface area contributed by atoms with Gasteiger partial charge in [0, 0.05) is 30.2 Å². The minimum absolute atomic E-state index is 0.114.